The monoisotopic (exact) mass is 363 g/mol. The summed E-state index contributed by atoms with van der Waals surface area (Å²) in [6, 6.07) is 7.22. The van der Waals surface area contributed by atoms with Gasteiger partial charge in [0.05, 0.1) is 17.8 Å². The maximum atomic E-state index is 12.6. The molecular formula is C15H14BrN3O3. The predicted molar refractivity (Wildman–Crippen MR) is 82.8 cm³/mol. The first-order valence-corrected chi connectivity index (χ1v) is 7.60. The number of aryl methyl sites for hydroxylation is 1. The molecule has 1 aromatic heterocycles. The predicted octanol–water partition coefficient (Wildman–Crippen LogP) is 2.08. The highest BCUT2D eigenvalue weighted by atomic mass is 79.9. The summed E-state index contributed by atoms with van der Waals surface area (Å²) in [6.45, 7) is 0.800. The summed E-state index contributed by atoms with van der Waals surface area (Å²) in [5.74, 6) is -1.13. The Kier molecular flexibility index (Phi) is 3.74. The molecule has 114 valence electrons. The average Bonchev–Trinajstić information content (AvgIpc) is 2.82. The van der Waals surface area contributed by atoms with Crippen LogP contribution in [0.2, 0.25) is 0 Å². The quantitative estimate of drug-likeness (QED) is 0.886. The van der Waals surface area contributed by atoms with Crippen LogP contribution in [0.1, 0.15) is 32.1 Å². The lowest BCUT2D eigenvalue weighted by Gasteiger charge is -2.27. The summed E-state index contributed by atoms with van der Waals surface area (Å²) in [6.07, 6.45) is 0.562. The molecule has 6 nitrogen and oxygen atoms in total. The van der Waals surface area contributed by atoms with Crippen LogP contribution in [-0.2, 0) is 20.0 Å². The molecule has 2 heterocycles. The number of rotatable bonds is 2. The number of hydrogen-bond acceptors (Lipinski definition) is 3. The van der Waals surface area contributed by atoms with Crippen molar-refractivity contribution in [3.8, 4) is 0 Å². The smallest absolute Gasteiger partial charge is 0.354 e. The molecule has 0 saturated carbocycles. The van der Waals surface area contributed by atoms with Gasteiger partial charge in [-0.25, -0.2) is 4.79 Å². The summed E-state index contributed by atoms with van der Waals surface area (Å²) in [5.41, 5.74) is 2.11. The Labute approximate surface area is 135 Å². The zero-order chi connectivity index (χ0) is 15.9. The number of amides is 1. The van der Waals surface area contributed by atoms with Crippen molar-refractivity contribution in [2.45, 2.75) is 13.0 Å². The fourth-order valence-electron chi connectivity index (χ4n) is 2.75. The molecule has 0 spiro atoms. The third-order valence-electron chi connectivity index (χ3n) is 3.79. The number of benzene rings is 1. The second kappa shape index (κ2) is 5.57. The van der Waals surface area contributed by atoms with Crippen LogP contribution in [-0.4, -0.2) is 38.2 Å². The number of carboxylic acids is 1. The number of carbonyl (C=O) groups excluding carboxylic acids is 1. The lowest BCUT2D eigenvalue weighted by molar-refractivity contribution is 0.0669. The van der Waals surface area contributed by atoms with Crippen molar-refractivity contribution in [3.05, 3.63) is 51.3 Å². The van der Waals surface area contributed by atoms with E-state index in [9.17, 15) is 14.7 Å². The molecule has 1 N–H and O–H groups in total. The van der Waals surface area contributed by atoms with Crippen LogP contribution in [0, 0.1) is 0 Å². The van der Waals surface area contributed by atoms with Gasteiger partial charge in [-0.05, 0) is 28.1 Å². The number of nitrogens with zero attached hydrogens (tertiary/aromatic N) is 3. The first-order valence-electron chi connectivity index (χ1n) is 6.81. The summed E-state index contributed by atoms with van der Waals surface area (Å²) in [5, 5.41) is 13.6. The van der Waals surface area contributed by atoms with Crippen LogP contribution < -0.4 is 0 Å². The van der Waals surface area contributed by atoms with Crippen LogP contribution in [0.5, 0.6) is 0 Å². The van der Waals surface area contributed by atoms with Gasteiger partial charge in [0.15, 0.2) is 5.69 Å². The van der Waals surface area contributed by atoms with Gasteiger partial charge < -0.3 is 10.0 Å². The van der Waals surface area contributed by atoms with Gasteiger partial charge in [0, 0.05) is 30.0 Å². The van der Waals surface area contributed by atoms with E-state index in [2.05, 4.69) is 21.0 Å². The Morgan fingerprint density at radius 3 is 2.73 bits per heavy atom. The molecule has 2 aromatic rings. The van der Waals surface area contributed by atoms with Crippen molar-refractivity contribution in [1.29, 1.82) is 0 Å². The molecule has 0 fully saturated rings. The number of aromatic carboxylic acids is 1. The fourth-order valence-corrected chi connectivity index (χ4v) is 3.20. The molecule has 7 heteroatoms. The van der Waals surface area contributed by atoms with Crippen molar-refractivity contribution in [2.24, 2.45) is 7.05 Å². The van der Waals surface area contributed by atoms with Crippen molar-refractivity contribution in [2.75, 3.05) is 6.54 Å². The summed E-state index contributed by atoms with van der Waals surface area (Å²) in [7, 11) is 1.61. The fraction of sp³-hybridized carbons (Fsp3) is 0.267. The van der Waals surface area contributed by atoms with Crippen LogP contribution in [0.4, 0.5) is 0 Å². The molecular weight excluding hydrogens is 350 g/mol. The van der Waals surface area contributed by atoms with Gasteiger partial charge >= 0.3 is 5.97 Å². The molecule has 0 aliphatic carbocycles. The number of aromatic nitrogens is 2. The lowest BCUT2D eigenvalue weighted by Crippen LogP contribution is -2.36. The lowest BCUT2D eigenvalue weighted by atomic mass is 10.0. The molecule has 0 saturated heterocycles. The molecule has 1 amide bonds. The number of carboxylic acid groups (broad SMARTS) is 1. The van der Waals surface area contributed by atoms with Gasteiger partial charge in [-0.1, -0.05) is 12.1 Å². The third-order valence-corrected chi connectivity index (χ3v) is 4.48. The Hall–Kier alpha value is -2.15. The first kappa shape index (κ1) is 14.8. The second-order valence-corrected chi connectivity index (χ2v) is 6.01. The van der Waals surface area contributed by atoms with Gasteiger partial charge in [-0.3, -0.25) is 9.48 Å². The minimum Gasteiger partial charge on any atom is -0.477 e. The van der Waals surface area contributed by atoms with Gasteiger partial charge in [0.25, 0.3) is 5.91 Å². The summed E-state index contributed by atoms with van der Waals surface area (Å²) < 4.78 is 2.11. The molecule has 1 aromatic carbocycles. The minimum atomic E-state index is -1.02. The van der Waals surface area contributed by atoms with E-state index < -0.39 is 5.97 Å². The molecule has 3 rings (SSSR count). The number of carbonyl (C=O) groups is 2. The normalized spacial score (nSPS) is 13.8. The van der Waals surface area contributed by atoms with Crippen LogP contribution in [0.25, 0.3) is 0 Å². The van der Waals surface area contributed by atoms with Gasteiger partial charge in [0.1, 0.15) is 0 Å². The standard InChI is InChI=1S/C15H14BrN3O3/c1-18-13(15(21)22)10-8-19(7-6-12(10)17-18)14(20)9-4-2-3-5-11(9)16/h2-5H,6-8H2,1H3,(H,21,22). The highest BCUT2D eigenvalue weighted by Crippen LogP contribution is 2.25. The van der Waals surface area contributed by atoms with Crippen molar-refractivity contribution in [1.82, 2.24) is 14.7 Å². The summed E-state index contributed by atoms with van der Waals surface area (Å²) in [4.78, 5) is 25.7. The molecule has 1 aliphatic heterocycles. The first-order chi connectivity index (χ1) is 10.5. The van der Waals surface area contributed by atoms with Crippen LogP contribution in [0.3, 0.4) is 0 Å². The Bertz CT molecular complexity index is 769. The minimum absolute atomic E-state index is 0.113. The molecule has 0 atom stereocenters. The van der Waals surface area contributed by atoms with E-state index in [0.29, 0.717) is 24.1 Å². The van der Waals surface area contributed by atoms with Gasteiger partial charge in [-0.15, -0.1) is 0 Å². The van der Waals surface area contributed by atoms with Gasteiger partial charge in [0.2, 0.25) is 0 Å². The van der Waals surface area contributed by atoms with E-state index in [1.165, 1.54) is 4.68 Å². The number of fused-ring (bicyclic) bond motifs is 1. The zero-order valence-electron chi connectivity index (χ0n) is 11.9. The zero-order valence-corrected chi connectivity index (χ0v) is 13.5. The van der Waals surface area contributed by atoms with Crippen LogP contribution in [0.15, 0.2) is 28.7 Å². The van der Waals surface area contributed by atoms with E-state index in [1.54, 1.807) is 24.1 Å². The van der Waals surface area contributed by atoms with Crippen LogP contribution >= 0.6 is 15.9 Å². The Morgan fingerprint density at radius 2 is 2.05 bits per heavy atom. The largest absolute Gasteiger partial charge is 0.477 e. The van der Waals surface area contributed by atoms with Crippen molar-refractivity contribution < 1.29 is 14.7 Å². The number of halogens is 1. The van der Waals surface area contributed by atoms with E-state index >= 15 is 0 Å². The van der Waals surface area contributed by atoms with E-state index in [4.69, 9.17) is 0 Å². The van der Waals surface area contributed by atoms with Crippen molar-refractivity contribution >= 4 is 27.8 Å². The number of hydrogen-bond donors (Lipinski definition) is 1. The van der Waals surface area contributed by atoms with Crippen molar-refractivity contribution in [3.63, 3.8) is 0 Å². The highest BCUT2D eigenvalue weighted by molar-refractivity contribution is 9.10. The Morgan fingerprint density at radius 1 is 1.32 bits per heavy atom. The van der Waals surface area contributed by atoms with E-state index in [0.717, 1.165) is 10.2 Å². The van der Waals surface area contributed by atoms with Gasteiger partial charge in [-0.2, -0.15) is 5.10 Å². The van der Waals surface area contributed by atoms with E-state index in [-0.39, 0.29) is 18.1 Å². The molecule has 22 heavy (non-hydrogen) atoms. The maximum Gasteiger partial charge on any atom is 0.354 e. The topological polar surface area (TPSA) is 75.4 Å². The SMILES string of the molecule is Cn1nc2c(c1C(=O)O)CN(C(=O)c1ccccc1Br)CC2. The highest BCUT2D eigenvalue weighted by Gasteiger charge is 2.30. The average molecular weight is 364 g/mol. The Balaban J connectivity index is 1.93. The third kappa shape index (κ3) is 2.41. The maximum absolute atomic E-state index is 12.6. The molecule has 1 aliphatic rings. The molecule has 0 bridgehead atoms. The molecule has 0 unspecified atom stereocenters. The van der Waals surface area contributed by atoms with E-state index in [1.807, 2.05) is 12.1 Å². The summed E-state index contributed by atoms with van der Waals surface area (Å²) >= 11 is 3.38. The second-order valence-electron chi connectivity index (χ2n) is 5.16. The molecule has 0 radical (unpaired) electrons.